The number of rotatable bonds is 7. The van der Waals surface area contributed by atoms with E-state index in [0.29, 0.717) is 25.1 Å². The molecule has 18 heavy (non-hydrogen) atoms. The molecule has 0 amide bonds. The molecule has 0 aliphatic carbocycles. The van der Waals surface area contributed by atoms with Crippen molar-refractivity contribution in [2.24, 2.45) is 5.92 Å². The summed E-state index contributed by atoms with van der Waals surface area (Å²) in [6, 6.07) is 0. The van der Waals surface area contributed by atoms with Gasteiger partial charge in [0.1, 0.15) is 6.26 Å². The van der Waals surface area contributed by atoms with Crippen molar-refractivity contribution < 1.29 is 9.15 Å². The van der Waals surface area contributed by atoms with Gasteiger partial charge in [0.15, 0.2) is 0 Å². The molecule has 1 unspecified atom stereocenters. The topological polar surface area (TPSA) is 47.3 Å². The molecule has 1 N–H and O–H groups in total. The van der Waals surface area contributed by atoms with Crippen LogP contribution in [0, 0.1) is 5.92 Å². The fraction of sp³-hybridized carbons (Fsp3) is 0.786. The highest BCUT2D eigenvalue weighted by Crippen LogP contribution is 2.13. The molecule has 1 aromatic heterocycles. The first kappa shape index (κ1) is 15.0. The number of hydrogen-bond acceptors (Lipinski definition) is 4. The van der Waals surface area contributed by atoms with E-state index < -0.39 is 0 Å². The molecule has 1 atom stereocenters. The third-order valence-corrected chi connectivity index (χ3v) is 2.60. The molecule has 0 aromatic carbocycles. The molecule has 0 aliphatic rings. The van der Waals surface area contributed by atoms with E-state index in [9.17, 15) is 0 Å². The molecule has 1 aromatic rings. The molecule has 1 heterocycles. The fourth-order valence-corrected chi connectivity index (χ4v) is 1.58. The Kier molecular flexibility index (Phi) is 5.66. The van der Waals surface area contributed by atoms with Crippen molar-refractivity contribution >= 4 is 0 Å². The Morgan fingerprint density at radius 1 is 1.44 bits per heavy atom. The van der Waals surface area contributed by atoms with E-state index in [4.69, 9.17) is 9.15 Å². The lowest BCUT2D eigenvalue weighted by Crippen LogP contribution is -2.35. The largest absolute Gasteiger partial charge is 0.450 e. The Labute approximate surface area is 110 Å². The first-order chi connectivity index (χ1) is 8.40. The third kappa shape index (κ3) is 6.05. The van der Waals surface area contributed by atoms with Crippen LogP contribution in [0.4, 0.5) is 0 Å². The first-order valence-corrected chi connectivity index (χ1v) is 6.73. The van der Waals surface area contributed by atoms with Crippen molar-refractivity contribution in [1.82, 2.24) is 10.3 Å². The molecule has 0 saturated carbocycles. The number of nitrogens with zero attached hydrogens (tertiary/aromatic N) is 1. The number of hydrogen-bond donors (Lipinski definition) is 1. The average molecular weight is 254 g/mol. The van der Waals surface area contributed by atoms with Crippen LogP contribution in [-0.4, -0.2) is 17.1 Å². The molecule has 4 nitrogen and oxygen atoms in total. The van der Waals surface area contributed by atoms with Gasteiger partial charge in [0.05, 0.1) is 12.3 Å². The van der Waals surface area contributed by atoms with Crippen LogP contribution in [0.3, 0.4) is 0 Å². The molecule has 0 saturated heterocycles. The standard InChI is InChI=1S/C14H26N2O2/c1-6-7-11(2)9-17-13-16-12(10-18-13)8-15-14(3,4)5/h10-11,15H,6-9H2,1-5H3. The maximum atomic E-state index is 5.53. The summed E-state index contributed by atoms with van der Waals surface area (Å²) >= 11 is 0. The minimum absolute atomic E-state index is 0.0790. The average Bonchev–Trinajstić information content (AvgIpc) is 2.71. The Balaban J connectivity index is 2.34. The lowest BCUT2D eigenvalue weighted by molar-refractivity contribution is 0.190. The fourth-order valence-electron chi connectivity index (χ4n) is 1.58. The van der Waals surface area contributed by atoms with Gasteiger partial charge in [-0.15, -0.1) is 0 Å². The van der Waals surface area contributed by atoms with Crippen LogP contribution < -0.4 is 10.1 Å². The predicted molar refractivity (Wildman–Crippen MR) is 72.7 cm³/mol. The molecule has 0 bridgehead atoms. The van der Waals surface area contributed by atoms with E-state index in [0.717, 1.165) is 5.69 Å². The molecule has 104 valence electrons. The quantitative estimate of drug-likeness (QED) is 0.810. The minimum Gasteiger partial charge on any atom is -0.450 e. The van der Waals surface area contributed by atoms with Crippen molar-refractivity contribution in [3.8, 4) is 6.08 Å². The summed E-state index contributed by atoms with van der Waals surface area (Å²) < 4.78 is 10.8. The molecule has 0 radical (unpaired) electrons. The highest BCUT2D eigenvalue weighted by molar-refractivity contribution is 5.00. The third-order valence-electron chi connectivity index (χ3n) is 2.60. The molecule has 0 fully saturated rings. The zero-order valence-electron chi connectivity index (χ0n) is 12.2. The Morgan fingerprint density at radius 3 is 2.78 bits per heavy atom. The number of aromatic nitrogens is 1. The second-order valence-electron chi connectivity index (χ2n) is 5.91. The summed E-state index contributed by atoms with van der Waals surface area (Å²) in [4.78, 5) is 4.29. The molecule has 4 heteroatoms. The van der Waals surface area contributed by atoms with E-state index in [2.05, 4.69) is 44.9 Å². The SMILES string of the molecule is CCCC(C)COc1nc(CNC(C)(C)C)co1. The summed E-state index contributed by atoms with van der Waals surface area (Å²) in [5.41, 5.74) is 0.957. The number of nitrogens with one attached hydrogen (secondary N) is 1. The zero-order valence-corrected chi connectivity index (χ0v) is 12.2. The van der Waals surface area contributed by atoms with Gasteiger partial charge in [-0.05, 0) is 33.1 Å². The number of oxazole rings is 1. The maximum Gasteiger partial charge on any atom is 0.393 e. The summed E-state index contributed by atoms with van der Waals surface area (Å²) in [6.45, 7) is 12.1. The molecular weight excluding hydrogens is 228 g/mol. The smallest absolute Gasteiger partial charge is 0.393 e. The van der Waals surface area contributed by atoms with E-state index in [1.807, 2.05) is 0 Å². The van der Waals surface area contributed by atoms with Gasteiger partial charge in [0.2, 0.25) is 0 Å². The summed E-state index contributed by atoms with van der Waals surface area (Å²) in [5, 5.41) is 3.36. The van der Waals surface area contributed by atoms with Gasteiger partial charge in [0, 0.05) is 12.1 Å². The van der Waals surface area contributed by atoms with Crippen LogP contribution in [0.1, 0.15) is 53.2 Å². The minimum atomic E-state index is 0.0790. The lowest BCUT2D eigenvalue weighted by atomic mass is 10.1. The monoisotopic (exact) mass is 254 g/mol. The van der Waals surface area contributed by atoms with E-state index >= 15 is 0 Å². The van der Waals surface area contributed by atoms with E-state index in [-0.39, 0.29) is 5.54 Å². The highest BCUT2D eigenvalue weighted by atomic mass is 16.6. The van der Waals surface area contributed by atoms with Gasteiger partial charge in [0.25, 0.3) is 0 Å². The summed E-state index contributed by atoms with van der Waals surface area (Å²) in [6.07, 6.45) is 4.37. The zero-order chi connectivity index (χ0) is 13.6. The molecule has 1 rings (SSSR count). The van der Waals surface area contributed by atoms with Crippen LogP contribution >= 0.6 is 0 Å². The molecule has 0 spiro atoms. The Hall–Kier alpha value is -1.03. The van der Waals surface area contributed by atoms with Crippen molar-refractivity contribution in [3.05, 3.63) is 12.0 Å². The van der Waals surface area contributed by atoms with Crippen LogP contribution in [-0.2, 0) is 6.54 Å². The van der Waals surface area contributed by atoms with Gasteiger partial charge in [-0.3, -0.25) is 0 Å². The van der Waals surface area contributed by atoms with E-state index in [1.165, 1.54) is 12.8 Å². The van der Waals surface area contributed by atoms with Crippen molar-refractivity contribution in [1.29, 1.82) is 0 Å². The van der Waals surface area contributed by atoms with Crippen molar-refractivity contribution in [2.75, 3.05) is 6.61 Å². The molecule has 0 aliphatic heterocycles. The Morgan fingerprint density at radius 2 is 2.17 bits per heavy atom. The van der Waals surface area contributed by atoms with Gasteiger partial charge in [-0.25, -0.2) is 0 Å². The summed E-state index contributed by atoms with van der Waals surface area (Å²) in [5.74, 6) is 0.540. The van der Waals surface area contributed by atoms with Crippen LogP contribution in [0.15, 0.2) is 10.7 Å². The van der Waals surface area contributed by atoms with Crippen LogP contribution in [0.25, 0.3) is 0 Å². The second-order valence-corrected chi connectivity index (χ2v) is 5.91. The normalized spacial score (nSPS) is 13.6. The van der Waals surface area contributed by atoms with Crippen molar-refractivity contribution in [2.45, 2.75) is 59.5 Å². The van der Waals surface area contributed by atoms with Gasteiger partial charge in [-0.1, -0.05) is 20.3 Å². The maximum absolute atomic E-state index is 5.53. The van der Waals surface area contributed by atoms with Crippen molar-refractivity contribution in [3.63, 3.8) is 0 Å². The van der Waals surface area contributed by atoms with E-state index in [1.54, 1.807) is 6.26 Å². The lowest BCUT2D eigenvalue weighted by Gasteiger charge is -2.19. The summed E-state index contributed by atoms with van der Waals surface area (Å²) in [7, 11) is 0. The van der Waals surface area contributed by atoms with Gasteiger partial charge < -0.3 is 14.5 Å². The molecular formula is C14H26N2O2. The van der Waals surface area contributed by atoms with Crippen LogP contribution in [0.5, 0.6) is 6.08 Å². The predicted octanol–water partition coefficient (Wildman–Crippen LogP) is 3.38. The van der Waals surface area contributed by atoms with Gasteiger partial charge in [-0.2, -0.15) is 4.98 Å². The van der Waals surface area contributed by atoms with Gasteiger partial charge >= 0.3 is 6.08 Å². The Bertz CT molecular complexity index is 342. The van der Waals surface area contributed by atoms with Crippen LogP contribution in [0.2, 0.25) is 0 Å². The second kappa shape index (κ2) is 6.78. The first-order valence-electron chi connectivity index (χ1n) is 6.73. The highest BCUT2D eigenvalue weighted by Gasteiger charge is 2.12. The number of ether oxygens (including phenoxy) is 1.